The Morgan fingerprint density at radius 3 is 2.55 bits per heavy atom. The molecule has 1 heterocycles. The second kappa shape index (κ2) is 8.15. The smallest absolute Gasteiger partial charge is 0.120 e. The molecule has 1 aliphatic rings. The van der Waals surface area contributed by atoms with Crippen LogP contribution < -0.4 is 9.64 Å². The summed E-state index contributed by atoms with van der Waals surface area (Å²) in [7, 11) is 1.73. The van der Waals surface area contributed by atoms with Gasteiger partial charge in [0, 0.05) is 37.9 Å². The first-order valence-corrected chi connectivity index (χ1v) is 7.95. The van der Waals surface area contributed by atoms with Gasteiger partial charge in [0.2, 0.25) is 0 Å². The van der Waals surface area contributed by atoms with Crippen molar-refractivity contribution in [2.24, 2.45) is 0 Å². The van der Waals surface area contributed by atoms with Crippen LogP contribution in [0.4, 0.5) is 5.69 Å². The predicted octanol–water partition coefficient (Wildman–Crippen LogP) is 3.40. The molecule has 1 fully saturated rings. The zero-order valence-corrected chi connectivity index (χ0v) is 13.0. The fourth-order valence-electron chi connectivity index (χ4n) is 2.80. The number of unbranched alkanes of at least 4 members (excludes halogenated alkanes) is 3. The quantitative estimate of drug-likeness (QED) is 0.710. The fraction of sp³-hybridized carbons (Fsp3) is 0.647. The number of benzene rings is 1. The molecule has 0 N–H and O–H groups in total. The van der Waals surface area contributed by atoms with Gasteiger partial charge in [0.1, 0.15) is 5.75 Å². The van der Waals surface area contributed by atoms with Gasteiger partial charge in [-0.15, -0.1) is 0 Å². The monoisotopic (exact) mass is 276 g/mol. The van der Waals surface area contributed by atoms with E-state index in [-0.39, 0.29) is 0 Å². The van der Waals surface area contributed by atoms with Gasteiger partial charge in [0.25, 0.3) is 0 Å². The molecular weight excluding hydrogens is 248 g/mol. The van der Waals surface area contributed by atoms with Gasteiger partial charge in [-0.05, 0) is 25.1 Å². The molecule has 0 radical (unpaired) electrons. The highest BCUT2D eigenvalue weighted by atomic mass is 16.5. The summed E-state index contributed by atoms with van der Waals surface area (Å²) in [5, 5.41) is 0. The van der Waals surface area contributed by atoms with Crippen molar-refractivity contribution in [3.8, 4) is 5.75 Å². The van der Waals surface area contributed by atoms with Crippen LogP contribution in [0.15, 0.2) is 24.3 Å². The topological polar surface area (TPSA) is 15.7 Å². The second-order valence-electron chi connectivity index (χ2n) is 5.59. The van der Waals surface area contributed by atoms with E-state index in [0.29, 0.717) is 0 Å². The zero-order valence-electron chi connectivity index (χ0n) is 13.0. The average molecular weight is 276 g/mol. The zero-order chi connectivity index (χ0) is 14.2. The number of hydrogen-bond acceptors (Lipinski definition) is 3. The van der Waals surface area contributed by atoms with Gasteiger partial charge in [-0.3, -0.25) is 4.90 Å². The molecule has 1 aromatic rings. The number of piperazine rings is 1. The minimum Gasteiger partial charge on any atom is -0.497 e. The third-order valence-electron chi connectivity index (χ3n) is 4.12. The molecule has 20 heavy (non-hydrogen) atoms. The van der Waals surface area contributed by atoms with Crippen molar-refractivity contribution in [3.63, 3.8) is 0 Å². The Labute approximate surface area is 123 Å². The normalized spacial score (nSPS) is 16.4. The third-order valence-corrected chi connectivity index (χ3v) is 4.12. The summed E-state index contributed by atoms with van der Waals surface area (Å²) < 4.78 is 5.31. The molecule has 112 valence electrons. The Morgan fingerprint density at radius 2 is 1.85 bits per heavy atom. The number of nitrogens with zero attached hydrogens (tertiary/aromatic N) is 2. The molecule has 0 bridgehead atoms. The van der Waals surface area contributed by atoms with E-state index >= 15 is 0 Å². The molecule has 3 heteroatoms. The Morgan fingerprint density at radius 1 is 1.05 bits per heavy atom. The van der Waals surface area contributed by atoms with Gasteiger partial charge in [-0.25, -0.2) is 0 Å². The first-order valence-electron chi connectivity index (χ1n) is 7.95. The molecule has 0 aromatic heterocycles. The molecule has 0 aliphatic carbocycles. The van der Waals surface area contributed by atoms with Gasteiger partial charge in [0.15, 0.2) is 0 Å². The van der Waals surface area contributed by atoms with Crippen LogP contribution in [0.3, 0.4) is 0 Å². The first-order chi connectivity index (χ1) is 9.83. The average Bonchev–Trinajstić information content (AvgIpc) is 2.52. The maximum absolute atomic E-state index is 5.31. The van der Waals surface area contributed by atoms with E-state index < -0.39 is 0 Å². The number of ether oxygens (including phenoxy) is 1. The fourth-order valence-corrected chi connectivity index (χ4v) is 2.80. The van der Waals surface area contributed by atoms with Gasteiger partial charge in [0.05, 0.1) is 7.11 Å². The lowest BCUT2D eigenvalue weighted by Gasteiger charge is -2.36. The highest BCUT2D eigenvalue weighted by Crippen LogP contribution is 2.22. The van der Waals surface area contributed by atoms with Crippen LogP contribution in [0.2, 0.25) is 0 Å². The molecule has 1 aliphatic heterocycles. The lowest BCUT2D eigenvalue weighted by Crippen LogP contribution is -2.46. The van der Waals surface area contributed by atoms with E-state index in [0.717, 1.165) is 18.8 Å². The third kappa shape index (κ3) is 4.41. The van der Waals surface area contributed by atoms with Gasteiger partial charge < -0.3 is 9.64 Å². The summed E-state index contributed by atoms with van der Waals surface area (Å²) >= 11 is 0. The summed E-state index contributed by atoms with van der Waals surface area (Å²) in [5.41, 5.74) is 1.29. The molecule has 0 spiro atoms. The van der Waals surface area contributed by atoms with E-state index in [9.17, 15) is 0 Å². The SMILES string of the molecule is CCCCCCN1CCN(c2cccc(OC)c2)CC1. The van der Waals surface area contributed by atoms with Crippen molar-refractivity contribution in [2.75, 3.05) is 44.7 Å². The molecular formula is C17H28N2O. The molecule has 0 atom stereocenters. The number of methoxy groups -OCH3 is 1. The van der Waals surface area contributed by atoms with Crippen LogP contribution in [0, 0.1) is 0 Å². The van der Waals surface area contributed by atoms with Crippen LogP contribution in [-0.4, -0.2) is 44.7 Å². The maximum Gasteiger partial charge on any atom is 0.120 e. The Balaban J connectivity index is 1.76. The molecule has 0 amide bonds. The number of hydrogen-bond donors (Lipinski definition) is 0. The van der Waals surface area contributed by atoms with Gasteiger partial charge >= 0.3 is 0 Å². The summed E-state index contributed by atoms with van der Waals surface area (Å²) in [6, 6.07) is 8.40. The Bertz CT molecular complexity index is 386. The number of rotatable bonds is 7. The molecule has 1 aromatic carbocycles. The minimum absolute atomic E-state index is 0.949. The van der Waals surface area contributed by atoms with E-state index in [1.54, 1.807) is 7.11 Å². The van der Waals surface area contributed by atoms with E-state index in [1.807, 2.05) is 6.07 Å². The van der Waals surface area contributed by atoms with Crippen LogP contribution >= 0.6 is 0 Å². The Hall–Kier alpha value is -1.22. The summed E-state index contributed by atoms with van der Waals surface area (Å²) in [4.78, 5) is 5.07. The van der Waals surface area contributed by atoms with E-state index in [2.05, 4.69) is 34.9 Å². The molecule has 0 saturated carbocycles. The van der Waals surface area contributed by atoms with Crippen LogP contribution in [0.1, 0.15) is 32.6 Å². The van der Waals surface area contributed by atoms with E-state index in [1.165, 1.54) is 51.0 Å². The van der Waals surface area contributed by atoms with Crippen molar-refractivity contribution in [3.05, 3.63) is 24.3 Å². The summed E-state index contributed by atoms with van der Waals surface area (Å²) in [6.45, 7) is 8.16. The van der Waals surface area contributed by atoms with Crippen molar-refractivity contribution >= 4 is 5.69 Å². The Kier molecular flexibility index (Phi) is 6.19. The maximum atomic E-state index is 5.31. The van der Waals surface area contributed by atoms with Crippen molar-refractivity contribution in [1.29, 1.82) is 0 Å². The first kappa shape index (κ1) is 15.2. The largest absolute Gasteiger partial charge is 0.497 e. The second-order valence-corrected chi connectivity index (χ2v) is 5.59. The van der Waals surface area contributed by atoms with Crippen LogP contribution in [-0.2, 0) is 0 Å². The summed E-state index contributed by atoms with van der Waals surface area (Å²) in [6.07, 6.45) is 5.44. The minimum atomic E-state index is 0.949. The standard InChI is InChI=1S/C17H28N2O/c1-3-4-5-6-10-18-11-13-19(14-12-18)16-8-7-9-17(15-16)20-2/h7-9,15H,3-6,10-14H2,1-2H3. The van der Waals surface area contributed by atoms with Crippen molar-refractivity contribution in [1.82, 2.24) is 4.90 Å². The van der Waals surface area contributed by atoms with E-state index in [4.69, 9.17) is 4.74 Å². The predicted molar refractivity (Wildman–Crippen MR) is 85.8 cm³/mol. The molecule has 3 nitrogen and oxygen atoms in total. The number of anilines is 1. The molecule has 1 saturated heterocycles. The lowest BCUT2D eigenvalue weighted by molar-refractivity contribution is 0.252. The summed E-state index contributed by atoms with van der Waals surface area (Å²) in [5.74, 6) is 0.949. The van der Waals surface area contributed by atoms with Crippen molar-refractivity contribution in [2.45, 2.75) is 32.6 Å². The highest BCUT2D eigenvalue weighted by Gasteiger charge is 2.16. The van der Waals surface area contributed by atoms with Crippen molar-refractivity contribution < 1.29 is 4.74 Å². The highest BCUT2D eigenvalue weighted by molar-refractivity contribution is 5.51. The molecule has 2 rings (SSSR count). The van der Waals surface area contributed by atoms with Gasteiger partial charge in [-0.2, -0.15) is 0 Å². The van der Waals surface area contributed by atoms with Crippen LogP contribution in [0.5, 0.6) is 5.75 Å². The lowest BCUT2D eigenvalue weighted by atomic mass is 10.2. The van der Waals surface area contributed by atoms with Gasteiger partial charge in [-0.1, -0.05) is 32.3 Å². The van der Waals surface area contributed by atoms with Crippen LogP contribution in [0.25, 0.3) is 0 Å². The molecule has 0 unspecified atom stereocenters.